The molecule has 1 atom stereocenters. The molecule has 7 heteroatoms. The van der Waals surface area contributed by atoms with Crippen LogP contribution in [0, 0.1) is 18.3 Å². The molecule has 0 saturated carbocycles. The maximum absolute atomic E-state index is 13.6. The van der Waals surface area contributed by atoms with Crippen molar-refractivity contribution in [3.05, 3.63) is 70.0 Å². The Morgan fingerprint density at radius 2 is 1.97 bits per heavy atom. The fraction of sp³-hybridized carbons (Fsp3) is 0.429. The van der Waals surface area contributed by atoms with Crippen LogP contribution in [-0.2, 0) is 11.2 Å². The molecule has 1 amide bonds. The van der Waals surface area contributed by atoms with Crippen molar-refractivity contribution in [3.63, 3.8) is 0 Å². The number of carbonyl (C=O) groups is 1. The normalized spacial score (nSPS) is 18.5. The summed E-state index contributed by atoms with van der Waals surface area (Å²) >= 11 is 0. The van der Waals surface area contributed by atoms with Gasteiger partial charge in [-0.05, 0) is 67.3 Å². The summed E-state index contributed by atoms with van der Waals surface area (Å²) < 4.78 is 5.50. The standard InChI is InChI=1S/C28H31N5O2/c1-3-19-14-18(2)24(15-25(19)27-30-26(31-32-27)22-10-13-35-17-22)28(34)33-11-8-20(9-12-33)23-7-5-4-6-21(23)16-29/h4-7,14-15,20,22H,3,8-13,17H2,1-2H3,(H,30,31,32). The number of H-pyrrole nitrogens is 1. The lowest BCUT2D eigenvalue weighted by atomic mass is 9.86. The van der Waals surface area contributed by atoms with Crippen LogP contribution >= 0.6 is 0 Å². The smallest absolute Gasteiger partial charge is 0.254 e. The highest BCUT2D eigenvalue weighted by Crippen LogP contribution is 2.32. The van der Waals surface area contributed by atoms with Gasteiger partial charge >= 0.3 is 0 Å². The predicted molar refractivity (Wildman–Crippen MR) is 133 cm³/mol. The molecule has 2 aliphatic heterocycles. The van der Waals surface area contributed by atoms with E-state index in [1.807, 2.05) is 42.2 Å². The Bertz CT molecular complexity index is 1260. The molecule has 0 aliphatic carbocycles. The van der Waals surface area contributed by atoms with E-state index >= 15 is 0 Å². The highest BCUT2D eigenvalue weighted by Gasteiger charge is 2.28. The van der Waals surface area contributed by atoms with Crippen molar-refractivity contribution in [1.82, 2.24) is 20.1 Å². The van der Waals surface area contributed by atoms with Gasteiger partial charge in [0.2, 0.25) is 0 Å². The predicted octanol–water partition coefficient (Wildman–Crippen LogP) is 4.74. The van der Waals surface area contributed by atoms with Crippen molar-refractivity contribution < 1.29 is 9.53 Å². The monoisotopic (exact) mass is 469 g/mol. The Labute approximate surface area is 206 Å². The first-order valence-corrected chi connectivity index (χ1v) is 12.5. The molecule has 1 unspecified atom stereocenters. The molecule has 0 bridgehead atoms. The number of aromatic nitrogens is 3. The number of piperidine rings is 1. The average molecular weight is 470 g/mol. The topological polar surface area (TPSA) is 94.9 Å². The fourth-order valence-corrected chi connectivity index (χ4v) is 5.36. The highest BCUT2D eigenvalue weighted by molar-refractivity contribution is 5.97. The first-order valence-electron chi connectivity index (χ1n) is 12.5. The molecule has 2 aromatic carbocycles. The van der Waals surface area contributed by atoms with Crippen molar-refractivity contribution >= 4 is 5.91 Å². The van der Waals surface area contributed by atoms with Crippen LogP contribution < -0.4 is 0 Å². The summed E-state index contributed by atoms with van der Waals surface area (Å²) in [7, 11) is 0. The Kier molecular flexibility index (Phi) is 6.65. The molecule has 3 aromatic rings. The van der Waals surface area contributed by atoms with Crippen LogP contribution in [0.25, 0.3) is 11.4 Å². The van der Waals surface area contributed by atoms with Crippen LogP contribution in [0.15, 0.2) is 36.4 Å². The molecule has 2 aliphatic rings. The van der Waals surface area contributed by atoms with Gasteiger partial charge < -0.3 is 14.6 Å². The number of aryl methyl sites for hydroxylation is 2. The maximum atomic E-state index is 13.6. The maximum Gasteiger partial charge on any atom is 0.254 e. The second kappa shape index (κ2) is 10.0. The second-order valence-electron chi connectivity index (χ2n) is 9.56. The largest absolute Gasteiger partial charge is 0.381 e. The number of nitriles is 1. The lowest BCUT2D eigenvalue weighted by molar-refractivity contribution is 0.0712. The van der Waals surface area contributed by atoms with E-state index in [1.54, 1.807) is 0 Å². The number of amides is 1. The van der Waals surface area contributed by atoms with Gasteiger partial charge in [-0.2, -0.15) is 5.26 Å². The van der Waals surface area contributed by atoms with E-state index in [2.05, 4.69) is 34.2 Å². The van der Waals surface area contributed by atoms with E-state index in [-0.39, 0.29) is 11.8 Å². The third kappa shape index (κ3) is 4.59. The van der Waals surface area contributed by atoms with Crippen LogP contribution in [0.4, 0.5) is 0 Å². The van der Waals surface area contributed by atoms with E-state index in [1.165, 1.54) is 0 Å². The van der Waals surface area contributed by atoms with Crippen LogP contribution in [0.1, 0.15) is 76.5 Å². The van der Waals surface area contributed by atoms with E-state index in [9.17, 15) is 10.1 Å². The Hall–Kier alpha value is -3.50. The molecule has 1 aromatic heterocycles. The molecule has 0 radical (unpaired) electrons. The SMILES string of the molecule is CCc1cc(C)c(C(=O)N2CCC(c3ccccc3C#N)CC2)cc1-c1nnc(C2CCOC2)[nH]1. The fourth-order valence-electron chi connectivity index (χ4n) is 5.36. The minimum absolute atomic E-state index is 0.0577. The molecule has 5 rings (SSSR count). The summed E-state index contributed by atoms with van der Waals surface area (Å²) in [5.41, 5.74) is 5.63. The lowest BCUT2D eigenvalue weighted by Crippen LogP contribution is -2.38. The zero-order valence-electron chi connectivity index (χ0n) is 20.4. The van der Waals surface area contributed by atoms with Gasteiger partial charge in [0, 0.05) is 36.7 Å². The quantitative estimate of drug-likeness (QED) is 0.582. The Balaban J connectivity index is 1.36. The third-order valence-corrected chi connectivity index (χ3v) is 7.44. The first kappa shape index (κ1) is 23.3. The first-order chi connectivity index (χ1) is 17.1. The number of nitrogens with one attached hydrogen (secondary N) is 1. The highest BCUT2D eigenvalue weighted by atomic mass is 16.5. The molecule has 2 fully saturated rings. The molecule has 180 valence electrons. The van der Waals surface area contributed by atoms with Crippen molar-refractivity contribution in [2.45, 2.75) is 51.4 Å². The van der Waals surface area contributed by atoms with Crippen molar-refractivity contribution in [2.75, 3.05) is 26.3 Å². The van der Waals surface area contributed by atoms with Crippen molar-refractivity contribution in [1.29, 1.82) is 5.26 Å². The van der Waals surface area contributed by atoms with Crippen LogP contribution in [0.2, 0.25) is 0 Å². The number of hydrogen-bond acceptors (Lipinski definition) is 5. The van der Waals surface area contributed by atoms with Crippen molar-refractivity contribution in [2.24, 2.45) is 0 Å². The number of ether oxygens (including phenoxy) is 1. The summed E-state index contributed by atoms with van der Waals surface area (Å²) in [6.07, 6.45) is 3.51. The minimum Gasteiger partial charge on any atom is -0.381 e. The number of likely N-dealkylation sites (tertiary alicyclic amines) is 1. The summed E-state index contributed by atoms with van der Waals surface area (Å²) in [6.45, 7) is 6.91. The van der Waals surface area contributed by atoms with E-state index < -0.39 is 0 Å². The lowest BCUT2D eigenvalue weighted by Gasteiger charge is -2.33. The molecular formula is C28H31N5O2. The Morgan fingerprint density at radius 1 is 1.17 bits per heavy atom. The number of rotatable bonds is 5. The van der Waals surface area contributed by atoms with Gasteiger partial charge in [-0.3, -0.25) is 4.79 Å². The zero-order chi connectivity index (χ0) is 24.4. The van der Waals surface area contributed by atoms with Crippen LogP contribution in [-0.4, -0.2) is 52.3 Å². The van der Waals surface area contributed by atoms with Gasteiger partial charge in [-0.15, -0.1) is 10.2 Å². The molecule has 7 nitrogen and oxygen atoms in total. The number of benzene rings is 2. The number of carbonyl (C=O) groups excluding carboxylic acids is 1. The second-order valence-corrected chi connectivity index (χ2v) is 9.56. The number of nitrogens with zero attached hydrogens (tertiary/aromatic N) is 4. The summed E-state index contributed by atoms with van der Waals surface area (Å²) in [6, 6.07) is 14.2. The van der Waals surface area contributed by atoms with Gasteiger partial charge in [-0.25, -0.2) is 0 Å². The van der Waals surface area contributed by atoms with E-state index in [0.717, 1.165) is 71.5 Å². The van der Waals surface area contributed by atoms with Gasteiger partial charge in [-0.1, -0.05) is 31.2 Å². The Morgan fingerprint density at radius 3 is 2.69 bits per heavy atom. The molecule has 0 spiro atoms. The summed E-state index contributed by atoms with van der Waals surface area (Å²) in [5, 5.41) is 18.3. The van der Waals surface area contributed by atoms with Gasteiger partial charge in [0.15, 0.2) is 5.82 Å². The van der Waals surface area contributed by atoms with E-state index in [0.29, 0.717) is 31.4 Å². The number of aromatic amines is 1. The van der Waals surface area contributed by atoms with Crippen LogP contribution in [0.5, 0.6) is 0 Å². The summed E-state index contributed by atoms with van der Waals surface area (Å²) in [5.74, 6) is 2.18. The van der Waals surface area contributed by atoms with Gasteiger partial charge in [0.25, 0.3) is 5.91 Å². The van der Waals surface area contributed by atoms with Crippen molar-refractivity contribution in [3.8, 4) is 17.5 Å². The number of hydrogen-bond donors (Lipinski definition) is 1. The summed E-state index contributed by atoms with van der Waals surface area (Å²) in [4.78, 5) is 18.9. The minimum atomic E-state index is 0.0577. The van der Waals surface area contributed by atoms with Crippen LogP contribution in [0.3, 0.4) is 0 Å². The van der Waals surface area contributed by atoms with Gasteiger partial charge in [0.05, 0.1) is 18.2 Å². The molecule has 3 heterocycles. The average Bonchev–Trinajstić information content (AvgIpc) is 3.61. The third-order valence-electron chi connectivity index (χ3n) is 7.44. The molecule has 35 heavy (non-hydrogen) atoms. The molecule has 1 N–H and O–H groups in total. The van der Waals surface area contributed by atoms with Gasteiger partial charge in [0.1, 0.15) is 5.82 Å². The molecule has 2 saturated heterocycles. The molecular weight excluding hydrogens is 438 g/mol. The zero-order valence-corrected chi connectivity index (χ0v) is 20.4. The van der Waals surface area contributed by atoms with E-state index in [4.69, 9.17) is 4.74 Å².